The number of aromatic nitrogens is 1. The van der Waals surface area contributed by atoms with Crippen molar-refractivity contribution in [1.82, 2.24) is 10.1 Å². The van der Waals surface area contributed by atoms with Crippen molar-refractivity contribution in [2.24, 2.45) is 0 Å². The first-order valence-electron chi connectivity index (χ1n) is 5.37. The van der Waals surface area contributed by atoms with Crippen LogP contribution in [0.25, 0.3) is 0 Å². The highest BCUT2D eigenvalue weighted by Gasteiger charge is 2.21. The SMILES string of the molecule is CCN(CCC(=O)OC)C(=O)c1oncc1C. The van der Waals surface area contributed by atoms with Crippen LogP contribution in [0.1, 0.15) is 29.5 Å². The van der Waals surface area contributed by atoms with Gasteiger partial charge in [-0.15, -0.1) is 0 Å². The highest BCUT2D eigenvalue weighted by atomic mass is 16.5. The Hall–Kier alpha value is -1.85. The van der Waals surface area contributed by atoms with Gasteiger partial charge < -0.3 is 14.2 Å². The number of carbonyl (C=O) groups excluding carboxylic acids is 2. The van der Waals surface area contributed by atoms with Crippen molar-refractivity contribution in [3.63, 3.8) is 0 Å². The summed E-state index contributed by atoms with van der Waals surface area (Å²) < 4.78 is 9.41. The van der Waals surface area contributed by atoms with Gasteiger partial charge in [0, 0.05) is 18.7 Å². The third kappa shape index (κ3) is 3.30. The Morgan fingerprint density at radius 3 is 2.71 bits per heavy atom. The number of aryl methyl sites for hydroxylation is 1. The van der Waals surface area contributed by atoms with E-state index in [-0.39, 0.29) is 24.1 Å². The molecule has 0 saturated carbocycles. The molecule has 0 N–H and O–H groups in total. The van der Waals surface area contributed by atoms with Crippen LogP contribution in [0.3, 0.4) is 0 Å². The molecule has 0 aliphatic carbocycles. The highest BCUT2D eigenvalue weighted by Crippen LogP contribution is 2.10. The Balaban J connectivity index is 2.65. The first-order chi connectivity index (χ1) is 8.10. The van der Waals surface area contributed by atoms with Crippen molar-refractivity contribution >= 4 is 11.9 Å². The smallest absolute Gasteiger partial charge is 0.307 e. The van der Waals surface area contributed by atoms with Crippen molar-refractivity contribution < 1.29 is 18.8 Å². The maximum atomic E-state index is 12.0. The van der Waals surface area contributed by atoms with E-state index < -0.39 is 0 Å². The fourth-order valence-corrected chi connectivity index (χ4v) is 1.37. The number of carbonyl (C=O) groups is 2. The Labute approximate surface area is 99.5 Å². The number of rotatable bonds is 5. The third-order valence-electron chi connectivity index (χ3n) is 2.43. The standard InChI is InChI=1S/C11H16N2O4/c1-4-13(6-5-9(14)16-3)11(15)10-8(2)7-12-17-10/h7H,4-6H2,1-3H3. The molecule has 1 amide bonds. The largest absolute Gasteiger partial charge is 0.469 e. The van der Waals surface area contributed by atoms with Crippen LogP contribution in [0.2, 0.25) is 0 Å². The molecule has 0 aliphatic heterocycles. The predicted molar refractivity (Wildman–Crippen MR) is 59.5 cm³/mol. The summed E-state index contributed by atoms with van der Waals surface area (Å²) in [6.07, 6.45) is 1.66. The number of methoxy groups -OCH3 is 1. The van der Waals surface area contributed by atoms with Gasteiger partial charge in [0.1, 0.15) is 0 Å². The second-order valence-corrected chi connectivity index (χ2v) is 3.55. The third-order valence-corrected chi connectivity index (χ3v) is 2.43. The Morgan fingerprint density at radius 1 is 1.53 bits per heavy atom. The van der Waals surface area contributed by atoms with E-state index in [4.69, 9.17) is 4.52 Å². The normalized spacial score (nSPS) is 10.1. The zero-order valence-corrected chi connectivity index (χ0v) is 10.2. The van der Waals surface area contributed by atoms with Gasteiger partial charge in [0.15, 0.2) is 0 Å². The molecule has 0 saturated heterocycles. The second-order valence-electron chi connectivity index (χ2n) is 3.55. The van der Waals surface area contributed by atoms with Crippen molar-refractivity contribution in [2.45, 2.75) is 20.3 Å². The minimum atomic E-state index is -0.342. The Bertz CT molecular complexity index is 400. The second kappa shape index (κ2) is 6.03. The summed E-state index contributed by atoms with van der Waals surface area (Å²) in [5, 5.41) is 3.56. The van der Waals surface area contributed by atoms with E-state index in [0.717, 1.165) is 0 Å². The van der Waals surface area contributed by atoms with Gasteiger partial charge in [0.25, 0.3) is 5.91 Å². The van der Waals surface area contributed by atoms with E-state index >= 15 is 0 Å². The molecule has 94 valence electrons. The summed E-state index contributed by atoms with van der Waals surface area (Å²) in [7, 11) is 1.32. The molecule has 6 heteroatoms. The van der Waals surface area contributed by atoms with Crippen molar-refractivity contribution in [3.05, 3.63) is 17.5 Å². The molecule has 1 aromatic heterocycles. The average Bonchev–Trinajstić information content (AvgIpc) is 2.75. The van der Waals surface area contributed by atoms with E-state index in [1.165, 1.54) is 18.2 Å². The number of nitrogens with zero attached hydrogens (tertiary/aromatic N) is 2. The van der Waals surface area contributed by atoms with Gasteiger partial charge in [0.2, 0.25) is 5.76 Å². The number of esters is 1. The van der Waals surface area contributed by atoms with Crippen LogP contribution in [0.4, 0.5) is 0 Å². The number of ether oxygens (including phenoxy) is 1. The average molecular weight is 240 g/mol. The summed E-state index contributed by atoms with van der Waals surface area (Å²) in [4.78, 5) is 24.5. The lowest BCUT2D eigenvalue weighted by atomic mass is 10.2. The lowest BCUT2D eigenvalue weighted by Gasteiger charge is -2.18. The van der Waals surface area contributed by atoms with E-state index in [9.17, 15) is 9.59 Å². The van der Waals surface area contributed by atoms with Gasteiger partial charge in [0.05, 0.1) is 19.7 Å². The summed E-state index contributed by atoms with van der Waals surface area (Å²) in [6.45, 7) is 4.39. The minimum absolute atomic E-state index is 0.170. The molecule has 0 unspecified atom stereocenters. The zero-order valence-electron chi connectivity index (χ0n) is 10.2. The number of hydrogen-bond donors (Lipinski definition) is 0. The minimum Gasteiger partial charge on any atom is -0.469 e. The van der Waals surface area contributed by atoms with Gasteiger partial charge in [-0.3, -0.25) is 9.59 Å². The summed E-state index contributed by atoms with van der Waals surface area (Å²) >= 11 is 0. The molecule has 0 aromatic carbocycles. The lowest BCUT2D eigenvalue weighted by molar-refractivity contribution is -0.140. The van der Waals surface area contributed by atoms with E-state index in [0.29, 0.717) is 18.7 Å². The molecule has 17 heavy (non-hydrogen) atoms. The van der Waals surface area contributed by atoms with Crippen LogP contribution in [-0.2, 0) is 9.53 Å². The number of amides is 1. The van der Waals surface area contributed by atoms with Crippen LogP contribution in [0, 0.1) is 6.92 Å². The molecule has 1 heterocycles. The zero-order chi connectivity index (χ0) is 12.8. The molecule has 1 aromatic rings. The molecule has 6 nitrogen and oxygen atoms in total. The molecule has 0 fully saturated rings. The van der Waals surface area contributed by atoms with E-state index in [2.05, 4.69) is 9.89 Å². The topological polar surface area (TPSA) is 72.6 Å². The molecule has 0 spiro atoms. The maximum absolute atomic E-state index is 12.0. The van der Waals surface area contributed by atoms with Crippen molar-refractivity contribution in [3.8, 4) is 0 Å². The quantitative estimate of drug-likeness (QED) is 0.718. The van der Waals surface area contributed by atoms with Crippen LogP contribution >= 0.6 is 0 Å². The van der Waals surface area contributed by atoms with Gasteiger partial charge >= 0.3 is 5.97 Å². The number of hydrogen-bond acceptors (Lipinski definition) is 5. The Kier molecular flexibility index (Phi) is 4.68. The molecular weight excluding hydrogens is 224 g/mol. The van der Waals surface area contributed by atoms with Gasteiger partial charge in [-0.2, -0.15) is 0 Å². The molecule has 0 bridgehead atoms. The van der Waals surface area contributed by atoms with Gasteiger partial charge in [-0.25, -0.2) is 0 Å². The molecule has 1 rings (SSSR count). The monoisotopic (exact) mass is 240 g/mol. The van der Waals surface area contributed by atoms with Crippen LogP contribution in [0.5, 0.6) is 0 Å². The molecule has 0 radical (unpaired) electrons. The lowest BCUT2D eigenvalue weighted by Crippen LogP contribution is -2.33. The summed E-state index contributed by atoms with van der Waals surface area (Å²) in [6, 6.07) is 0. The summed E-state index contributed by atoms with van der Waals surface area (Å²) in [5.74, 6) is -0.381. The Morgan fingerprint density at radius 2 is 2.24 bits per heavy atom. The fraction of sp³-hybridized carbons (Fsp3) is 0.545. The molecule has 0 aliphatic rings. The van der Waals surface area contributed by atoms with Crippen LogP contribution in [0.15, 0.2) is 10.7 Å². The summed E-state index contributed by atoms with van der Waals surface area (Å²) in [5.41, 5.74) is 0.687. The molecular formula is C11H16N2O4. The molecule has 0 atom stereocenters. The van der Waals surface area contributed by atoms with Crippen LogP contribution < -0.4 is 0 Å². The van der Waals surface area contributed by atoms with E-state index in [1.54, 1.807) is 6.92 Å². The fourth-order valence-electron chi connectivity index (χ4n) is 1.37. The first kappa shape index (κ1) is 13.2. The highest BCUT2D eigenvalue weighted by molar-refractivity contribution is 5.92. The maximum Gasteiger partial charge on any atom is 0.307 e. The van der Waals surface area contributed by atoms with E-state index in [1.807, 2.05) is 6.92 Å². The van der Waals surface area contributed by atoms with Crippen LogP contribution in [-0.4, -0.2) is 42.1 Å². The van der Waals surface area contributed by atoms with Crippen molar-refractivity contribution in [2.75, 3.05) is 20.2 Å². The first-order valence-corrected chi connectivity index (χ1v) is 5.37. The van der Waals surface area contributed by atoms with Crippen molar-refractivity contribution in [1.29, 1.82) is 0 Å². The predicted octanol–water partition coefficient (Wildman–Crippen LogP) is 1.01. The van der Waals surface area contributed by atoms with Gasteiger partial charge in [-0.1, -0.05) is 5.16 Å². The van der Waals surface area contributed by atoms with Gasteiger partial charge in [-0.05, 0) is 13.8 Å².